The first-order valence-corrected chi connectivity index (χ1v) is 16.6. The molecule has 1 atom stereocenters. The molecule has 5 heterocycles. The van der Waals surface area contributed by atoms with Crippen LogP contribution in [0.25, 0.3) is 10.8 Å². The number of hydrogen-bond acceptors (Lipinski definition) is 9. The second-order valence-electron chi connectivity index (χ2n) is 13.2. The van der Waals surface area contributed by atoms with Crippen molar-refractivity contribution < 1.29 is 19.0 Å². The van der Waals surface area contributed by atoms with Gasteiger partial charge in [-0.2, -0.15) is 28.6 Å². The van der Waals surface area contributed by atoms with Crippen LogP contribution in [-0.4, -0.2) is 94.0 Å². The highest BCUT2D eigenvalue weighted by Gasteiger charge is 2.30. The topological polar surface area (TPSA) is 103 Å². The minimum absolute atomic E-state index is 0. The van der Waals surface area contributed by atoms with E-state index in [0.29, 0.717) is 68.9 Å². The van der Waals surface area contributed by atoms with Crippen LogP contribution in [0.4, 0.5) is 15.9 Å². The number of phenols is 1. The molecular weight excluding hydrogens is 632 g/mol. The molecule has 13 heteroatoms. The van der Waals surface area contributed by atoms with Crippen molar-refractivity contribution in [1.29, 1.82) is 0 Å². The Morgan fingerprint density at radius 2 is 1.90 bits per heavy atom. The van der Waals surface area contributed by atoms with Crippen molar-refractivity contribution >= 4 is 41.7 Å². The molecule has 0 aliphatic carbocycles. The van der Waals surface area contributed by atoms with Crippen molar-refractivity contribution in [3.63, 3.8) is 0 Å². The van der Waals surface area contributed by atoms with Crippen LogP contribution in [0.5, 0.6) is 11.8 Å². The molecule has 0 saturated carbocycles. The summed E-state index contributed by atoms with van der Waals surface area (Å²) in [6.45, 7) is 6.69. The minimum Gasteiger partial charge on any atom is -0.508 e. The summed E-state index contributed by atoms with van der Waals surface area (Å²) in [6.07, 6.45) is 4.28. The van der Waals surface area contributed by atoms with Crippen molar-refractivity contribution in [2.75, 3.05) is 57.2 Å². The van der Waals surface area contributed by atoms with Gasteiger partial charge in [-0.15, -0.1) is 0 Å². The molecule has 7 rings (SSSR count). The number of carbonyl (C=O) groups excluding carboxylic acids is 1. The van der Waals surface area contributed by atoms with Crippen molar-refractivity contribution in [3.05, 3.63) is 64.4 Å². The second-order valence-corrected chi connectivity index (χ2v) is 13.2. The number of likely N-dealkylation sites (tertiary alicyclic amines) is 1. The van der Waals surface area contributed by atoms with Gasteiger partial charge in [-0.25, -0.2) is 4.39 Å². The highest BCUT2D eigenvalue weighted by Crippen LogP contribution is 2.39. The Hall–Kier alpha value is -4.10. The number of halogens is 1. The van der Waals surface area contributed by atoms with Gasteiger partial charge in [0.05, 0.1) is 24.5 Å². The Morgan fingerprint density at radius 1 is 1.06 bits per heavy atom. The molecule has 1 saturated heterocycles. The quantitative estimate of drug-likeness (QED) is 0.303. The molecule has 11 nitrogen and oxygen atoms in total. The van der Waals surface area contributed by atoms with E-state index in [9.17, 15) is 9.90 Å². The Kier molecular flexibility index (Phi) is 9.71. The molecule has 48 heavy (non-hydrogen) atoms. The number of fused-ring (bicyclic) bond motifs is 3. The largest absolute Gasteiger partial charge is 0.508 e. The molecule has 2 aromatic heterocycles. The predicted molar refractivity (Wildman–Crippen MR) is 189 cm³/mol. The van der Waals surface area contributed by atoms with Gasteiger partial charge in [0.15, 0.2) is 5.69 Å². The molecule has 0 spiro atoms. The fourth-order valence-electron chi connectivity index (χ4n) is 7.33. The number of phenolic OH excluding ortho intramolecular Hbond substituents is 1. The Labute approximate surface area is 287 Å². The minimum atomic E-state index is -0.239. The number of hydrogen-bond donors (Lipinski definition) is 1. The summed E-state index contributed by atoms with van der Waals surface area (Å²) in [6, 6.07) is 9.21. The number of ether oxygens (including phenoxy) is 1. The summed E-state index contributed by atoms with van der Waals surface area (Å²) in [7, 11) is 5.60. The number of aryl methyl sites for hydroxylation is 2. The van der Waals surface area contributed by atoms with Crippen molar-refractivity contribution in [2.24, 2.45) is 0 Å². The summed E-state index contributed by atoms with van der Waals surface area (Å²) in [5.41, 5.74) is 4.78. The lowest BCUT2D eigenvalue weighted by molar-refractivity contribution is 0.0821. The first-order valence-electron chi connectivity index (χ1n) is 16.6. The maximum absolute atomic E-state index is 15.0. The molecule has 0 bridgehead atoms. The van der Waals surface area contributed by atoms with E-state index in [0.717, 1.165) is 71.6 Å². The van der Waals surface area contributed by atoms with Gasteiger partial charge in [0.1, 0.15) is 24.0 Å². The number of anilines is 2. The third kappa shape index (κ3) is 6.37. The van der Waals surface area contributed by atoms with E-state index in [-0.39, 0.29) is 31.0 Å². The normalized spacial score (nSPS) is 17.9. The van der Waals surface area contributed by atoms with Gasteiger partial charge in [-0.3, -0.25) is 9.48 Å². The van der Waals surface area contributed by atoms with Crippen LogP contribution in [-0.2, 0) is 32.5 Å². The fraction of sp³-hybridized carbons (Fsp3) is 0.486. The number of nitrogens with zero attached hydrogens (tertiary/aromatic N) is 8. The van der Waals surface area contributed by atoms with E-state index < -0.39 is 0 Å². The SMILES string of the molecule is CCc1c(F)ccc2cc(O)cc(N3CCc4c(nc(OC[C@@H]5CCCN5C)nc4N4CCCn5nc(C(=O)N(C)C)cc5C4)C3)c12.S. The van der Waals surface area contributed by atoms with E-state index in [1.165, 1.54) is 6.07 Å². The maximum atomic E-state index is 15.0. The molecule has 1 N–H and O–H groups in total. The number of aromatic nitrogens is 4. The van der Waals surface area contributed by atoms with Crippen LogP contribution in [0.15, 0.2) is 30.3 Å². The third-order valence-electron chi connectivity index (χ3n) is 9.86. The van der Waals surface area contributed by atoms with E-state index in [2.05, 4.69) is 26.8 Å². The van der Waals surface area contributed by atoms with E-state index >= 15 is 4.39 Å². The zero-order valence-corrected chi connectivity index (χ0v) is 29.2. The van der Waals surface area contributed by atoms with Crippen LogP contribution >= 0.6 is 13.5 Å². The van der Waals surface area contributed by atoms with Gasteiger partial charge in [0, 0.05) is 62.5 Å². The lowest BCUT2D eigenvalue weighted by Gasteiger charge is -2.34. The Morgan fingerprint density at radius 3 is 2.65 bits per heavy atom. The number of rotatable bonds is 7. The van der Waals surface area contributed by atoms with Crippen LogP contribution in [0.1, 0.15) is 59.2 Å². The van der Waals surface area contributed by atoms with Crippen molar-refractivity contribution in [3.8, 4) is 11.8 Å². The molecule has 0 radical (unpaired) electrons. The molecule has 0 unspecified atom stereocenters. The van der Waals surface area contributed by atoms with E-state index in [4.69, 9.17) is 14.7 Å². The summed E-state index contributed by atoms with van der Waals surface area (Å²) >= 11 is 0. The average Bonchev–Trinajstić information content (AvgIpc) is 3.61. The standard InChI is InChI=1S/C35H43FN8O3.H2S/c1-5-26-28(36)10-9-22-16-25(45)18-31(32(22)26)42-15-11-27-30(20-42)37-35(47-21-23-8-6-12-41(23)4)38-33(27)43-13-7-14-44-24(19-43)17-29(39-44)34(46)40(2)3;/h9-10,16-18,23,45H,5-8,11-15,19-21H2,1-4H3;1H2/t23-;/m0./s1. The van der Waals surface area contributed by atoms with Gasteiger partial charge in [0.25, 0.3) is 5.91 Å². The van der Waals surface area contributed by atoms with Crippen LogP contribution < -0.4 is 14.5 Å². The summed E-state index contributed by atoms with van der Waals surface area (Å²) in [4.78, 5) is 31.1. The number of likely N-dealkylation sites (N-methyl/N-ethyl adjacent to an activating group) is 1. The van der Waals surface area contributed by atoms with Gasteiger partial charge < -0.3 is 29.4 Å². The second kappa shape index (κ2) is 13.8. The van der Waals surface area contributed by atoms with Crippen LogP contribution in [0, 0.1) is 5.82 Å². The monoisotopic (exact) mass is 676 g/mol. The number of benzene rings is 2. The zero-order valence-electron chi connectivity index (χ0n) is 28.2. The van der Waals surface area contributed by atoms with Crippen LogP contribution in [0.2, 0.25) is 0 Å². The smallest absolute Gasteiger partial charge is 0.318 e. The van der Waals surface area contributed by atoms with Crippen molar-refractivity contribution in [1.82, 2.24) is 29.5 Å². The number of aromatic hydroxyl groups is 1. The van der Waals surface area contributed by atoms with Gasteiger partial charge in [-0.05, 0) is 74.8 Å². The Bertz CT molecular complexity index is 1830. The molecule has 3 aliphatic heterocycles. The summed E-state index contributed by atoms with van der Waals surface area (Å²) < 4.78 is 23.3. The molecule has 1 fully saturated rings. The Balaban J connectivity index is 0.00000401. The average molecular weight is 677 g/mol. The summed E-state index contributed by atoms with van der Waals surface area (Å²) in [5.74, 6) is 0.640. The van der Waals surface area contributed by atoms with Crippen LogP contribution in [0.3, 0.4) is 0 Å². The molecule has 4 aromatic rings. The predicted octanol–water partition coefficient (Wildman–Crippen LogP) is 4.49. The summed E-state index contributed by atoms with van der Waals surface area (Å²) in [5, 5.41) is 17.0. The number of carbonyl (C=O) groups is 1. The van der Waals surface area contributed by atoms with Gasteiger partial charge >= 0.3 is 6.01 Å². The number of amides is 1. The first kappa shape index (κ1) is 33.8. The molecule has 1 amide bonds. The first-order chi connectivity index (χ1) is 22.7. The molecule has 3 aliphatic rings. The van der Waals surface area contributed by atoms with Gasteiger partial charge in [-0.1, -0.05) is 13.0 Å². The molecule has 2 aromatic carbocycles. The lowest BCUT2D eigenvalue weighted by Crippen LogP contribution is -2.35. The molecule has 256 valence electrons. The highest BCUT2D eigenvalue weighted by molar-refractivity contribution is 7.59. The zero-order chi connectivity index (χ0) is 32.8. The third-order valence-corrected chi connectivity index (χ3v) is 9.86. The van der Waals surface area contributed by atoms with E-state index in [1.807, 2.05) is 17.7 Å². The fourth-order valence-corrected chi connectivity index (χ4v) is 7.33. The van der Waals surface area contributed by atoms with E-state index in [1.54, 1.807) is 37.2 Å². The van der Waals surface area contributed by atoms with Gasteiger partial charge in [0.2, 0.25) is 0 Å². The lowest BCUT2D eigenvalue weighted by atomic mass is 9.97. The highest BCUT2D eigenvalue weighted by atomic mass is 32.1. The maximum Gasteiger partial charge on any atom is 0.318 e. The molecular formula is C35H45FN8O3S. The van der Waals surface area contributed by atoms with Crippen molar-refractivity contribution in [2.45, 2.75) is 64.7 Å².